The summed E-state index contributed by atoms with van der Waals surface area (Å²) in [4.78, 5) is 14.9. The number of hydrogen-bond acceptors (Lipinski definition) is 2. The van der Waals surface area contributed by atoms with Gasteiger partial charge in [-0.05, 0) is 24.6 Å². The van der Waals surface area contributed by atoms with E-state index in [1.807, 2.05) is 24.4 Å². The summed E-state index contributed by atoms with van der Waals surface area (Å²) in [5.41, 5.74) is 1.62. The fraction of sp³-hybridized carbons (Fsp3) is 0.250. The van der Waals surface area contributed by atoms with Gasteiger partial charge in [0, 0.05) is 35.8 Å². The predicted octanol–water partition coefficient (Wildman–Crippen LogP) is 1.28. The Kier molecular flexibility index (Phi) is 3.22. The standard InChI is InChI=1S/C12H14N2O2/c15-8-2-6-14-12(16)10-3-1-4-11-9(10)5-7-13-11/h1,3-5,7,13,15H,2,6,8H2,(H,14,16). The number of rotatable bonds is 4. The van der Waals surface area contributed by atoms with Crippen molar-refractivity contribution in [2.75, 3.05) is 13.2 Å². The third-order valence-electron chi connectivity index (χ3n) is 2.46. The largest absolute Gasteiger partial charge is 0.396 e. The van der Waals surface area contributed by atoms with Gasteiger partial charge in [-0.2, -0.15) is 0 Å². The first-order chi connectivity index (χ1) is 7.83. The van der Waals surface area contributed by atoms with Crippen molar-refractivity contribution in [1.29, 1.82) is 0 Å². The normalized spacial score (nSPS) is 10.6. The summed E-state index contributed by atoms with van der Waals surface area (Å²) in [5, 5.41) is 12.3. The molecule has 84 valence electrons. The van der Waals surface area contributed by atoms with Crippen LogP contribution >= 0.6 is 0 Å². The van der Waals surface area contributed by atoms with Crippen LogP contribution in [0.4, 0.5) is 0 Å². The first kappa shape index (κ1) is 10.7. The van der Waals surface area contributed by atoms with Crippen LogP contribution in [0.5, 0.6) is 0 Å². The number of aliphatic hydroxyl groups excluding tert-OH is 1. The maximum absolute atomic E-state index is 11.8. The molecule has 2 aromatic rings. The van der Waals surface area contributed by atoms with Crippen molar-refractivity contribution in [3.63, 3.8) is 0 Å². The molecule has 4 nitrogen and oxygen atoms in total. The van der Waals surface area contributed by atoms with Crippen LogP contribution < -0.4 is 5.32 Å². The minimum Gasteiger partial charge on any atom is -0.396 e. The molecule has 1 amide bonds. The Balaban J connectivity index is 2.19. The van der Waals surface area contributed by atoms with Crippen LogP contribution in [-0.4, -0.2) is 29.1 Å². The number of fused-ring (bicyclic) bond motifs is 1. The van der Waals surface area contributed by atoms with Crippen LogP contribution in [-0.2, 0) is 0 Å². The molecule has 0 radical (unpaired) electrons. The number of hydrogen-bond donors (Lipinski definition) is 3. The molecular weight excluding hydrogens is 204 g/mol. The maximum Gasteiger partial charge on any atom is 0.251 e. The van der Waals surface area contributed by atoms with E-state index in [2.05, 4.69) is 10.3 Å². The van der Waals surface area contributed by atoms with E-state index >= 15 is 0 Å². The van der Waals surface area contributed by atoms with Gasteiger partial charge in [0.05, 0.1) is 0 Å². The second kappa shape index (κ2) is 4.81. The van der Waals surface area contributed by atoms with Crippen molar-refractivity contribution >= 4 is 16.8 Å². The minimum atomic E-state index is -0.0985. The summed E-state index contributed by atoms with van der Waals surface area (Å²) in [6.07, 6.45) is 2.39. The Hall–Kier alpha value is -1.81. The van der Waals surface area contributed by atoms with Crippen LogP contribution in [0.2, 0.25) is 0 Å². The lowest BCUT2D eigenvalue weighted by Gasteiger charge is -2.05. The lowest BCUT2D eigenvalue weighted by Crippen LogP contribution is -2.25. The highest BCUT2D eigenvalue weighted by atomic mass is 16.3. The predicted molar refractivity (Wildman–Crippen MR) is 62.3 cm³/mol. The van der Waals surface area contributed by atoms with Crippen LogP contribution in [0.25, 0.3) is 10.9 Å². The van der Waals surface area contributed by atoms with Crippen LogP contribution in [0.15, 0.2) is 30.5 Å². The number of benzene rings is 1. The molecule has 16 heavy (non-hydrogen) atoms. The summed E-state index contributed by atoms with van der Waals surface area (Å²) < 4.78 is 0. The number of carbonyl (C=O) groups excluding carboxylic acids is 1. The van der Waals surface area contributed by atoms with E-state index in [0.29, 0.717) is 18.5 Å². The zero-order valence-electron chi connectivity index (χ0n) is 8.86. The quantitative estimate of drug-likeness (QED) is 0.677. The molecule has 3 N–H and O–H groups in total. The van der Waals surface area contributed by atoms with Crippen LogP contribution in [0.1, 0.15) is 16.8 Å². The third kappa shape index (κ3) is 2.06. The fourth-order valence-corrected chi connectivity index (χ4v) is 1.66. The van der Waals surface area contributed by atoms with Gasteiger partial charge >= 0.3 is 0 Å². The van der Waals surface area contributed by atoms with Crippen molar-refractivity contribution in [3.05, 3.63) is 36.0 Å². The van der Waals surface area contributed by atoms with Crippen molar-refractivity contribution < 1.29 is 9.90 Å². The van der Waals surface area contributed by atoms with Gasteiger partial charge in [-0.3, -0.25) is 4.79 Å². The molecule has 0 atom stereocenters. The van der Waals surface area contributed by atoms with E-state index in [1.54, 1.807) is 6.07 Å². The van der Waals surface area contributed by atoms with Crippen molar-refractivity contribution in [2.24, 2.45) is 0 Å². The summed E-state index contributed by atoms with van der Waals surface area (Å²) in [6.45, 7) is 0.588. The summed E-state index contributed by atoms with van der Waals surface area (Å²) in [5.74, 6) is -0.0985. The van der Waals surface area contributed by atoms with Crippen LogP contribution in [0, 0.1) is 0 Å². The highest BCUT2D eigenvalue weighted by molar-refractivity contribution is 6.06. The minimum absolute atomic E-state index is 0.0919. The number of amides is 1. The Labute approximate surface area is 93.3 Å². The first-order valence-electron chi connectivity index (χ1n) is 5.28. The lowest BCUT2D eigenvalue weighted by atomic mass is 10.1. The second-order valence-electron chi connectivity index (χ2n) is 3.58. The van der Waals surface area contributed by atoms with Crippen molar-refractivity contribution in [1.82, 2.24) is 10.3 Å². The molecule has 0 saturated carbocycles. The molecule has 0 aliphatic rings. The molecule has 2 rings (SSSR count). The van der Waals surface area contributed by atoms with Crippen LogP contribution in [0.3, 0.4) is 0 Å². The highest BCUT2D eigenvalue weighted by Crippen LogP contribution is 2.16. The van der Waals surface area contributed by atoms with Gasteiger partial charge in [0.1, 0.15) is 0 Å². The molecule has 0 bridgehead atoms. The number of aliphatic hydroxyl groups is 1. The molecule has 0 aliphatic heterocycles. The van der Waals surface area contributed by atoms with E-state index < -0.39 is 0 Å². The highest BCUT2D eigenvalue weighted by Gasteiger charge is 2.09. The average molecular weight is 218 g/mol. The Morgan fingerprint density at radius 3 is 3.06 bits per heavy atom. The van der Waals surface area contributed by atoms with Gasteiger partial charge in [-0.25, -0.2) is 0 Å². The topological polar surface area (TPSA) is 65.1 Å². The smallest absolute Gasteiger partial charge is 0.251 e. The van der Waals surface area contributed by atoms with E-state index in [9.17, 15) is 4.79 Å². The average Bonchev–Trinajstić information content (AvgIpc) is 2.76. The molecule has 0 spiro atoms. The number of H-pyrrole nitrogens is 1. The molecule has 0 unspecified atom stereocenters. The fourth-order valence-electron chi connectivity index (χ4n) is 1.66. The van der Waals surface area contributed by atoms with Crippen molar-refractivity contribution in [2.45, 2.75) is 6.42 Å². The molecule has 0 aliphatic carbocycles. The Bertz CT molecular complexity index is 490. The molecular formula is C12H14N2O2. The Morgan fingerprint density at radius 2 is 2.25 bits per heavy atom. The molecule has 1 aromatic heterocycles. The van der Waals surface area contributed by atoms with Gasteiger partial charge in [0.25, 0.3) is 5.91 Å². The monoisotopic (exact) mass is 218 g/mol. The van der Waals surface area contributed by atoms with Gasteiger partial charge in [0.15, 0.2) is 0 Å². The molecule has 4 heteroatoms. The summed E-state index contributed by atoms with van der Waals surface area (Å²) >= 11 is 0. The zero-order valence-corrected chi connectivity index (χ0v) is 8.86. The molecule has 1 heterocycles. The number of aromatic amines is 1. The molecule has 1 aromatic carbocycles. The van der Waals surface area contributed by atoms with Gasteiger partial charge in [-0.1, -0.05) is 6.07 Å². The van der Waals surface area contributed by atoms with Gasteiger partial charge in [-0.15, -0.1) is 0 Å². The molecule has 0 saturated heterocycles. The number of carbonyl (C=O) groups is 1. The molecule has 0 fully saturated rings. The second-order valence-corrected chi connectivity index (χ2v) is 3.58. The maximum atomic E-state index is 11.8. The third-order valence-corrected chi connectivity index (χ3v) is 2.46. The van der Waals surface area contributed by atoms with Gasteiger partial charge in [0.2, 0.25) is 0 Å². The Morgan fingerprint density at radius 1 is 1.38 bits per heavy atom. The van der Waals surface area contributed by atoms with E-state index in [0.717, 1.165) is 10.9 Å². The van der Waals surface area contributed by atoms with Crippen molar-refractivity contribution in [3.8, 4) is 0 Å². The van der Waals surface area contributed by atoms with E-state index in [-0.39, 0.29) is 12.5 Å². The van der Waals surface area contributed by atoms with E-state index in [1.165, 1.54) is 0 Å². The zero-order chi connectivity index (χ0) is 11.4. The number of nitrogens with one attached hydrogen (secondary N) is 2. The number of aromatic nitrogens is 1. The SMILES string of the molecule is O=C(NCCCO)c1cccc2[nH]ccc12. The first-order valence-corrected chi connectivity index (χ1v) is 5.28. The van der Waals surface area contributed by atoms with E-state index in [4.69, 9.17) is 5.11 Å². The van der Waals surface area contributed by atoms with Gasteiger partial charge < -0.3 is 15.4 Å². The summed E-state index contributed by atoms with van der Waals surface area (Å²) in [7, 11) is 0. The summed E-state index contributed by atoms with van der Waals surface area (Å²) in [6, 6.07) is 7.46. The lowest BCUT2D eigenvalue weighted by molar-refractivity contribution is 0.0953.